The number of aromatic nitrogens is 2. The van der Waals surface area contributed by atoms with Gasteiger partial charge in [0, 0.05) is 36.9 Å². The molecule has 2 aromatic rings. The summed E-state index contributed by atoms with van der Waals surface area (Å²) < 4.78 is 7.72. The Balaban J connectivity index is 1.70. The Labute approximate surface area is 153 Å². The molecule has 0 amide bonds. The van der Waals surface area contributed by atoms with Gasteiger partial charge in [-0.25, -0.2) is 4.99 Å². The number of halogens is 1. The van der Waals surface area contributed by atoms with Crippen molar-refractivity contribution in [2.45, 2.75) is 19.6 Å². The Hall–Kier alpha value is -2.05. The number of nitrogens with one attached hydrogen (secondary N) is 1. The van der Waals surface area contributed by atoms with Crippen LogP contribution in [0.15, 0.2) is 41.7 Å². The predicted octanol–water partition coefficient (Wildman–Crippen LogP) is 2.61. The van der Waals surface area contributed by atoms with Crippen LogP contribution in [-0.2, 0) is 18.3 Å². The van der Waals surface area contributed by atoms with E-state index >= 15 is 0 Å². The highest BCUT2D eigenvalue weighted by Gasteiger charge is 2.25. The van der Waals surface area contributed by atoms with Crippen LogP contribution in [0, 0.1) is 0 Å². The van der Waals surface area contributed by atoms with Gasteiger partial charge in [0.15, 0.2) is 5.96 Å². The molecule has 1 fully saturated rings. The van der Waals surface area contributed by atoms with Crippen LogP contribution in [0.3, 0.4) is 0 Å². The largest absolute Gasteiger partial charge is 0.370 e. The van der Waals surface area contributed by atoms with Gasteiger partial charge in [-0.3, -0.25) is 4.68 Å². The van der Waals surface area contributed by atoms with Crippen LogP contribution < -0.4 is 5.32 Å². The lowest BCUT2D eigenvalue weighted by atomic mass is 10.1. The molecule has 134 valence electrons. The van der Waals surface area contributed by atoms with Crippen LogP contribution in [0.4, 0.5) is 0 Å². The van der Waals surface area contributed by atoms with E-state index in [0.717, 1.165) is 41.7 Å². The molecule has 7 heteroatoms. The first kappa shape index (κ1) is 17.8. The van der Waals surface area contributed by atoms with Gasteiger partial charge in [-0.1, -0.05) is 23.7 Å². The summed E-state index contributed by atoms with van der Waals surface area (Å²) in [4.78, 5) is 7.03. The van der Waals surface area contributed by atoms with E-state index in [1.54, 1.807) is 4.68 Å². The van der Waals surface area contributed by atoms with Gasteiger partial charge in [-0.2, -0.15) is 5.10 Å². The number of guanidine groups is 1. The van der Waals surface area contributed by atoms with Gasteiger partial charge < -0.3 is 15.0 Å². The molecule has 1 aromatic carbocycles. The minimum atomic E-state index is 0.0156. The third-order valence-corrected chi connectivity index (χ3v) is 4.37. The number of nitrogens with zero attached hydrogens (tertiary/aromatic N) is 4. The molecule has 0 saturated carbocycles. The Morgan fingerprint density at radius 2 is 2.20 bits per heavy atom. The average molecular weight is 362 g/mol. The first-order chi connectivity index (χ1) is 12.2. The molecule has 2 heterocycles. The lowest BCUT2D eigenvalue weighted by Gasteiger charge is -2.34. The zero-order valence-electron chi connectivity index (χ0n) is 14.7. The first-order valence-corrected chi connectivity index (χ1v) is 8.91. The monoisotopic (exact) mass is 361 g/mol. The topological polar surface area (TPSA) is 54.7 Å². The van der Waals surface area contributed by atoms with Gasteiger partial charge in [0.25, 0.3) is 0 Å². The van der Waals surface area contributed by atoms with Crippen LogP contribution in [0.25, 0.3) is 0 Å². The summed E-state index contributed by atoms with van der Waals surface area (Å²) in [6, 6.07) is 7.80. The van der Waals surface area contributed by atoms with Crippen molar-refractivity contribution in [3.8, 4) is 0 Å². The molecule has 0 aliphatic carbocycles. The number of morpholine rings is 1. The zero-order valence-corrected chi connectivity index (χ0v) is 15.4. The molecule has 1 aromatic heterocycles. The molecule has 1 aliphatic heterocycles. The normalized spacial score (nSPS) is 18.4. The maximum absolute atomic E-state index is 5.94. The van der Waals surface area contributed by atoms with Gasteiger partial charge in [-0.05, 0) is 24.6 Å². The highest BCUT2D eigenvalue weighted by Crippen LogP contribution is 2.21. The van der Waals surface area contributed by atoms with E-state index in [4.69, 9.17) is 21.3 Å². The number of aryl methyl sites for hydroxylation is 1. The summed E-state index contributed by atoms with van der Waals surface area (Å²) in [5.41, 5.74) is 2.23. The van der Waals surface area contributed by atoms with E-state index in [9.17, 15) is 0 Å². The zero-order chi connectivity index (χ0) is 17.6. The minimum Gasteiger partial charge on any atom is -0.370 e. The SMILES string of the molecule is CCNC(=NCc1ccc(Cl)cc1)N1CCOC(c2cnn(C)c2)C1. The molecule has 1 atom stereocenters. The van der Waals surface area contributed by atoms with Crippen LogP contribution in [0.1, 0.15) is 24.2 Å². The third kappa shape index (κ3) is 4.74. The summed E-state index contributed by atoms with van der Waals surface area (Å²) >= 11 is 5.94. The van der Waals surface area contributed by atoms with Crippen LogP contribution in [-0.4, -0.2) is 46.9 Å². The van der Waals surface area contributed by atoms with Gasteiger partial charge in [0.1, 0.15) is 6.10 Å². The van der Waals surface area contributed by atoms with Crippen molar-refractivity contribution < 1.29 is 4.74 Å². The van der Waals surface area contributed by atoms with E-state index in [0.29, 0.717) is 13.2 Å². The van der Waals surface area contributed by atoms with Gasteiger partial charge in [-0.15, -0.1) is 0 Å². The summed E-state index contributed by atoms with van der Waals surface area (Å²) in [5.74, 6) is 0.912. The summed E-state index contributed by atoms with van der Waals surface area (Å²) in [7, 11) is 1.92. The second-order valence-electron chi connectivity index (χ2n) is 6.05. The Bertz CT molecular complexity index is 713. The molecular weight excluding hydrogens is 338 g/mol. The molecule has 1 saturated heterocycles. The van der Waals surface area contributed by atoms with Crippen molar-refractivity contribution in [1.82, 2.24) is 20.0 Å². The Morgan fingerprint density at radius 1 is 1.40 bits per heavy atom. The summed E-state index contributed by atoms with van der Waals surface area (Å²) in [6.45, 7) is 5.78. The minimum absolute atomic E-state index is 0.0156. The maximum Gasteiger partial charge on any atom is 0.194 e. The second kappa shape index (κ2) is 8.36. The molecule has 0 spiro atoms. The fraction of sp³-hybridized carbons (Fsp3) is 0.444. The molecular formula is C18H24ClN5O. The quantitative estimate of drug-likeness (QED) is 0.672. The van der Waals surface area contributed by atoms with Gasteiger partial charge in [0.05, 0.1) is 25.9 Å². The van der Waals surface area contributed by atoms with E-state index in [2.05, 4.69) is 22.2 Å². The first-order valence-electron chi connectivity index (χ1n) is 8.53. The van der Waals surface area contributed by atoms with Crippen molar-refractivity contribution in [3.63, 3.8) is 0 Å². The summed E-state index contributed by atoms with van der Waals surface area (Å²) in [6.07, 6.45) is 3.89. The lowest BCUT2D eigenvalue weighted by molar-refractivity contribution is -0.00805. The van der Waals surface area contributed by atoms with Crippen molar-refractivity contribution >= 4 is 17.6 Å². The number of rotatable bonds is 4. The number of aliphatic imine (C=N–C) groups is 1. The van der Waals surface area contributed by atoms with E-state index in [1.165, 1.54) is 0 Å². The second-order valence-corrected chi connectivity index (χ2v) is 6.49. The fourth-order valence-corrected chi connectivity index (χ4v) is 2.96. The van der Waals surface area contributed by atoms with Crippen LogP contribution in [0.5, 0.6) is 0 Å². The van der Waals surface area contributed by atoms with Gasteiger partial charge >= 0.3 is 0 Å². The van der Waals surface area contributed by atoms with E-state index < -0.39 is 0 Å². The average Bonchev–Trinajstić information content (AvgIpc) is 3.07. The number of hydrogen-bond donors (Lipinski definition) is 1. The molecule has 1 N–H and O–H groups in total. The van der Waals surface area contributed by atoms with Crippen molar-refractivity contribution in [2.75, 3.05) is 26.2 Å². The van der Waals surface area contributed by atoms with Crippen molar-refractivity contribution in [3.05, 3.63) is 52.8 Å². The molecule has 1 aliphatic rings. The summed E-state index contributed by atoms with van der Waals surface area (Å²) in [5, 5.41) is 8.37. The molecule has 6 nitrogen and oxygen atoms in total. The number of ether oxygens (including phenoxy) is 1. The number of benzene rings is 1. The molecule has 25 heavy (non-hydrogen) atoms. The molecule has 1 unspecified atom stereocenters. The predicted molar refractivity (Wildman–Crippen MR) is 99.7 cm³/mol. The van der Waals surface area contributed by atoms with E-state index in [-0.39, 0.29) is 6.10 Å². The Morgan fingerprint density at radius 3 is 2.88 bits per heavy atom. The number of hydrogen-bond acceptors (Lipinski definition) is 3. The standard InChI is InChI=1S/C18H24ClN5O/c1-3-20-18(21-10-14-4-6-16(19)7-5-14)24-8-9-25-17(13-24)15-11-22-23(2)12-15/h4-7,11-12,17H,3,8-10,13H2,1-2H3,(H,20,21). The van der Waals surface area contributed by atoms with Crippen molar-refractivity contribution in [2.24, 2.45) is 12.0 Å². The highest BCUT2D eigenvalue weighted by atomic mass is 35.5. The fourth-order valence-electron chi connectivity index (χ4n) is 2.83. The molecule has 3 rings (SSSR count). The molecule has 0 bridgehead atoms. The van der Waals surface area contributed by atoms with Crippen molar-refractivity contribution in [1.29, 1.82) is 0 Å². The molecule has 0 radical (unpaired) electrons. The highest BCUT2D eigenvalue weighted by molar-refractivity contribution is 6.30. The smallest absolute Gasteiger partial charge is 0.194 e. The van der Waals surface area contributed by atoms with Crippen LogP contribution in [0.2, 0.25) is 5.02 Å². The maximum atomic E-state index is 5.94. The van der Waals surface area contributed by atoms with E-state index in [1.807, 2.05) is 43.7 Å². The Kier molecular flexibility index (Phi) is 5.94. The van der Waals surface area contributed by atoms with Gasteiger partial charge in [0.2, 0.25) is 0 Å². The third-order valence-electron chi connectivity index (χ3n) is 4.12. The van der Waals surface area contributed by atoms with Crippen LogP contribution >= 0.6 is 11.6 Å². The lowest BCUT2D eigenvalue weighted by Crippen LogP contribution is -2.48.